The molecule has 2 aromatic carbocycles. The number of benzene rings is 2. The molecule has 0 saturated carbocycles. The number of rotatable bonds is 5. The number of halogens is 1. The summed E-state index contributed by atoms with van der Waals surface area (Å²) < 4.78 is 10.5. The van der Waals surface area contributed by atoms with Gasteiger partial charge in [0.1, 0.15) is 11.5 Å². The number of nitrogens with zero attached hydrogens (tertiary/aromatic N) is 1. The van der Waals surface area contributed by atoms with E-state index in [2.05, 4.69) is 15.5 Å². The van der Waals surface area contributed by atoms with Crippen molar-refractivity contribution >= 4 is 34.7 Å². The van der Waals surface area contributed by atoms with E-state index < -0.39 is 0 Å². The Kier molecular flexibility index (Phi) is 6.29. The fourth-order valence-corrected chi connectivity index (χ4v) is 3.38. The summed E-state index contributed by atoms with van der Waals surface area (Å²) in [6.45, 7) is 2.18. The van der Waals surface area contributed by atoms with Crippen LogP contribution < -0.4 is 25.0 Å². The highest BCUT2D eigenvalue weighted by Crippen LogP contribution is 2.36. The van der Waals surface area contributed by atoms with Crippen molar-refractivity contribution in [2.24, 2.45) is 0 Å². The summed E-state index contributed by atoms with van der Waals surface area (Å²) in [6.07, 6.45) is 3.76. The average Bonchev–Trinajstić information content (AvgIpc) is 2.70. The van der Waals surface area contributed by atoms with Gasteiger partial charge in [0.2, 0.25) is 0 Å². The first-order valence-corrected chi connectivity index (χ1v) is 9.33. The highest BCUT2D eigenvalue weighted by molar-refractivity contribution is 6.32. The summed E-state index contributed by atoms with van der Waals surface area (Å²) in [6, 6.07) is 10.7. The zero-order valence-electron chi connectivity index (χ0n) is 15.5. The first-order valence-electron chi connectivity index (χ1n) is 8.95. The molecule has 1 heterocycles. The van der Waals surface area contributed by atoms with E-state index in [0.717, 1.165) is 13.1 Å². The number of ether oxygens (including phenoxy) is 2. The van der Waals surface area contributed by atoms with E-state index in [1.54, 1.807) is 12.1 Å². The van der Waals surface area contributed by atoms with E-state index in [1.165, 1.54) is 39.2 Å². The third-order valence-electron chi connectivity index (χ3n) is 4.57. The van der Waals surface area contributed by atoms with Crippen LogP contribution >= 0.6 is 11.6 Å². The molecular formula is C20H24ClN3O3. The molecule has 1 saturated heterocycles. The minimum Gasteiger partial charge on any atom is -0.495 e. The number of hydrogen-bond acceptors (Lipinski definition) is 4. The average molecular weight is 390 g/mol. The molecule has 2 aromatic rings. The van der Waals surface area contributed by atoms with E-state index >= 15 is 0 Å². The van der Waals surface area contributed by atoms with Gasteiger partial charge in [-0.3, -0.25) is 0 Å². The standard InChI is InChI=1S/C20H24ClN3O3/c1-26-18-13-17(19(27-2)12-16(18)21)23-20(25)22-14-6-8-15(9-7-14)24-10-4-3-5-11-24/h6-9,12-13H,3-5,10-11H2,1-2H3,(H2,22,23,25). The monoisotopic (exact) mass is 389 g/mol. The first-order chi connectivity index (χ1) is 13.1. The van der Waals surface area contributed by atoms with Crippen molar-refractivity contribution in [1.82, 2.24) is 0 Å². The second kappa shape index (κ2) is 8.86. The first kappa shape index (κ1) is 19.2. The van der Waals surface area contributed by atoms with Gasteiger partial charge in [-0.2, -0.15) is 0 Å². The number of anilines is 3. The molecule has 1 aliphatic rings. The van der Waals surface area contributed by atoms with E-state index in [4.69, 9.17) is 21.1 Å². The van der Waals surface area contributed by atoms with Gasteiger partial charge in [-0.25, -0.2) is 4.79 Å². The van der Waals surface area contributed by atoms with Gasteiger partial charge in [-0.15, -0.1) is 0 Å². The van der Waals surface area contributed by atoms with Crippen molar-refractivity contribution < 1.29 is 14.3 Å². The zero-order valence-corrected chi connectivity index (χ0v) is 16.3. The lowest BCUT2D eigenvalue weighted by molar-refractivity contribution is 0.262. The third-order valence-corrected chi connectivity index (χ3v) is 4.86. The topological polar surface area (TPSA) is 62.8 Å². The van der Waals surface area contributed by atoms with Crippen LogP contribution in [0.2, 0.25) is 5.02 Å². The Morgan fingerprint density at radius 2 is 1.63 bits per heavy atom. The summed E-state index contributed by atoms with van der Waals surface area (Å²) in [5.41, 5.74) is 2.37. The molecule has 0 aliphatic carbocycles. The number of amides is 2. The maximum absolute atomic E-state index is 12.4. The van der Waals surface area contributed by atoms with Crippen molar-refractivity contribution in [1.29, 1.82) is 0 Å². The molecule has 0 aromatic heterocycles. The maximum atomic E-state index is 12.4. The van der Waals surface area contributed by atoms with Crippen LogP contribution in [0, 0.1) is 0 Å². The number of methoxy groups -OCH3 is 2. The van der Waals surface area contributed by atoms with E-state index in [9.17, 15) is 4.79 Å². The van der Waals surface area contributed by atoms with Crippen LogP contribution in [-0.2, 0) is 0 Å². The van der Waals surface area contributed by atoms with Gasteiger partial charge in [0.15, 0.2) is 0 Å². The zero-order chi connectivity index (χ0) is 19.2. The number of nitrogens with one attached hydrogen (secondary N) is 2. The van der Waals surface area contributed by atoms with Crippen LogP contribution in [0.5, 0.6) is 11.5 Å². The molecular weight excluding hydrogens is 366 g/mol. The van der Waals surface area contributed by atoms with Crippen molar-refractivity contribution in [3.8, 4) is 11.5 Å². The summed E-state index contributed by atoms with van der Waals surface area (Å²) in [5, 5.41) is 6.00. The smallest absolute Gasteiger partial charge is 0.323 e. The molecule has 0 atom stereocenters. The summed E-state index contributed by atoms with van der Waals surface area (Å²) in [4.78, 5) is 14.7. The lowest BCUT2D eigenvalue weighted by atomic mass is 10.1. The predicted octanol–water partition coefficient (Wildman–Crippen LogP) is 4.99. The molecule has 3 rings (SSSR count). The van der Waals surface area contributed by atoms with Gasteiger partial charge in [-0.05, 0) is 43.5 Å². The minimum atomic E-state index is -0.372. The van der Waals surface area contributed by atoms with Gasteiger partial charge in [0.05, 0.1) is 24.9 Å². The van der Waals surface area contributed by atoms with Crippen LogP contribution in [0.4, 0.5) is 21.9 Å². The lowest BCUT2D eigenvalue weighted by Crippen LogP contribution is -2.29. The summed E-state index contributed by atoms with van der Waals surface area (Å²) in [7, 11) is 3.03. The molecule has 2 amide bonds. The Labute approximate surface area is 164 Å². The Balaban J connectivity index is 1.65. The van der Waals surface area contributed by atoms with Gasteiger partial charge in [0, 0.05) is 36.6 Å². The quantitative estimate of drug-likeness (QED) is 0.756. The van der Waals surface area contributed by atoms with Crippen LogP contribution in [0.25, 0.3) is 0 Å². The largest absolute Gasteiger partial charge is 0.495 e. The minimum absolute atomic E-state index is 0.372. The molecule has 6 nitrogen and oxygen atoms in total. The highest BCUT2D eigenvalue weighted by Gasteiger charge is 2.14. The summed E-state index contributed by atoms with van der Waals surface area (Å²) in [5.74, 6) is 0.912. The fourth-order valence-electron chi connectivity index (χ4n) is 3.15. The van der Waals surface area contributed by atoms with Crippen LogP contribution in [-0.4, -0.2) is 33.3 Å². The van der Waals surface area contributed by atoms with Gasteiger partial charge >= 0.3 is 6.03 Å². The van der Waals surface area contributed by atoms with E-state index in [1.807, 2.05) is 24.3 Å². The number of carbonyl (C=O) groups excluding carboxylic acids is 1. The van der Waals surface area contributed by atoms with Crippen molar-refractivity contribution in [3.05, 3.63) is 41.4 Å². The van der Waals surface area contributed by atoms with E-state index in [-0.39, 0.29) is 6.03 Å². The molecule has 7 heteroatoms. The highest BCUT2D eigenvalue weighted by atomic mass is 35.5. The van der Waals surface area contributed by atoms with Crippen LogP contribution in [0.3, 0.4) is 0 Å². The lowest BCUT2D eigenvalue weighted by Gasteiger charge is -2.28. The fraction of sp³-hybridized carbons (Fsp3) is 0.350. The normalized spacial score (nSPS) is 13.8. The molecule has 2 N–H and O–H groups in total. The van der Waals surface area contributed by atoms with Crippen molar-refractivity contribution in [2.45, 2.75) is 19.3 Å². The Hall–Kier alpha value is -2.60. The van der Waals surface area contributed by atoms with Crippen LogP contribution in [0.15, 0.2) is 36.4 Å². The molecule has 0 unspecified atom stereocenters. The van der Waals surface area contributed by atoms with Gasteiger partial charge < -0.3 is 25.0 Å². The Morgan fingerprint density at radius 3 is 2.26 bits per heavy atom. The molecule has 1 aliphatic heterocycles. The number of hydrogen-bond donors (Lipinski definition) is 2. The Morgan fingerprint density at radius 1 is 0.963 bits per heavy atom. The SMILES string of the molecule is COc1cc(NC(=O)Nc2ccc(N3CCCCC3)cc2)c(OC)cc1Cl. The number of piperidine rings is 1. The molecule has 0 radical (unpaired) electrons. The Bertz CT molecular complexity index is 790. The molecule has 0 spiro atoms. The number of carbonyl (C=O) groups is 1. The van der Waals surface area contributed by atoms with Crippen molar-refractivity contribution in [2.75, 3.05) is 42.8 Å². The third kappa shape index (κ3) is 4.77. The second-order valence-electron chi connectivity index (χ2n) is 6.36. The molecule has 0 bridgehead atoms. The van der Waals surface area contributed by atoms with Gasteiger partial charge in [-0.1, -0.05) is 11.6 Å². The van der Waals surface area contributed by atoms with Gasteiger partial charge in [0.25, 0.3) is 0 Å². The predicted molar refractivity (Wildman–Crippen MR) is 110 cm³/mol. The molecule has 1 fully saturated rings. The molecule has 144 valence electrons. The number of urea groups is 1. The van der Waals surface area contributed by atoms with E-state index in [0.29, 0.717) is 27.9 Å². The summed E-state index contributed by atoms with van der Waals surface area (Å²) >= 11 is 6.09. The maximum Gasteiger partial charge on any atom is 0.323 e. The van der Waals surface area contributed by atoms with Crippen LogP contribution in [0.1, 0.15) is 19.3 Å². The molecule has 27 heavy (non-hydrogen) atoms. The van der Waals surface area contributed by atoms with Crippen molar-refractivity contribution in [3.63, 3.8) is 0 Å². The second-order valence-corrected chi connectivity index (χ2v) is 6.77.